The van der Waals surface area contributed by atoms with Crippen LogP contribution in [-0.2, 0) is 0 Å². The molecule has 1 aliphatic carbocycles. The summed E-state index contributed by atoms with van der Waals surface area (Å²) in [6.45, 7) is 0. The van der Waals surface area contributed by atoms with Crippen molar-refractivity contribution < 1.29 is 4.39 Å². The van der Waals surface area contributed by atoms with Crippen LogP contribution in [0.25, 0.3) is 11.0 Å². The summed E-state index contributed by atoms with van der Waals surface area (Å²) in [7, 11) is 0. The van der Waals surface area contributed by atoms with Gasteiger partial charge in [-0.25, -0.2) is 0 Å². The molecule has 1 aromatic heterocycles. The average Bonchev–Trinajstić information content (AvgIpc) is 2.93. The van der Waals surface area contributed by atoms with E-state index in [0.29, 0.717) is 12.0 Å². The van der Waals surface area contributed by atoms with Crippen molar-refractivity contribution in [2.75, 3.05) is 5.32 Å². The quantitative estimate of drug-likeness (QED) is 0.741. The van der Waals surface area contributed by atoms with Crippen LogP contribution in [0.3, 0.4) is 0 Å². The van der Waals surface area contributed by atoms with Gasteiger partial charge in [0.2, 0.25) is 0 Å². The molecular formula is C16H14FN3Se. The zero-order valence-electron chi connectivity index (χ0n) is 11.3. The van der Waals surface area contributed by atoms with Crippen molar-refractivity contribution in [3.63, 3.8) is 0 Å². The van der Waals surface area contributed by atoms with E-state index < -0.39 is 0 Å². The van der Waals surface area contributed by atoms with Gasteiger partial charge in [0, 0.05) is 0 Å². The molecule has 5 heteroatoms. The minimum atomic E-state index is -0.0851. The van der Waals surface area contributed by atoms with Crippen molar-refractivity contribution >= 4 is 31.7 Å². The summed E-state index contributed by atoms with van der Waals surface area (Å²) in [5, 5.41) is 3.53. The van der Waals surface area contributed by atoms with Crippen LogP contribution in [-0.4, -0.2) is 29.0 Å². The third-order valence-corrected chi connectivity index (χ3v) is 5.27. The predicted octanol–water partition coefficient (Wildman–Crippen LogP) is 3.18. The molecule has 1 N–H and O–H groups in total. The van der Waals surface area contributed by atoms with E-state index in [4.69, 9.17) is 0 Å². The Bertz CT molecular complexity index is 780. The first kappa shape index (κ1) is 13.0. The van der Waals surface area contributed by atoms with Gasteiger partial charge >= 0.3 is 128 Å². The van der Waals surface area contributed by atoms with Gasteiger partial charge in [0.15, 0.2) is 0 Å². The summed E-state index contributed by atoms with van der Waals surface area (Å²) in [5.41, 5.74) is 3.89. The molecule has 1 saturated carbocycles. The Morgan fingerprint density at radius 2 is 1.90 bits per heavy atom. The third kappa shape index (κ3) is 2.37. The average molecular weight is 346 g/mol. The van der Waals surface area contributed by atoms with Crippen LogP contribution in [0.15, 0.2) is 42.5 Å². The van der Waals surface area contributed by atoms with Crippen molar-refractivity contribution in [1.29, 1.82) is 0 Å². The van der Waals surface area contributed by atoms with E-state index in [1.54, 1.807) is 12.1 Å². The first-order chi connectivity index (χ1) is 10.3. The molecule has 0 atom stereocenters. The Hall–Kier alpha value is -1.71. The van der Waals surface area contributed by atoms with E-state index in [1.807, 2.05) is 24.3 Å². The SMILES string of the molecule is Fc1ccccc1C1CC(Nc2cccc3n[se]nc23)C1. The van der Waals surface area contributed by atoms with E-state index in [0.717, 1.165) is 35.1 Å². The minimum absolute atomic E-state index is 0.00453. The van der Waals surface area contributed by atoms with Gasteiger partial charge < -0.3 is 0 Å². The standard InChI is InChI=1S/C16H14FN3Se/c17-13-5-2-1-4-12(13)10-8-11(9-10)18-14-6-3-7-15-16(14)20-21-19-15/h1-7,10-11,18H,8-9H2. The van der Waals surface area contributed by atoms with Crippen molar-refractivity contribution in [2.45, 2.75) is 24.8 Å². The Kier molecular flexibility index (Phi) is 3.24. The maximum absolute atomic E-state index is 13.7. The zero-order valence-corrected chi connectivity index (χ0v) is 13.0. The fraction of sp³-hybridized carbons (Fsp3) is 0.250. The first-order valence-electron chi connectivity index (χ1n) is 7.03. The van der Waals surface area contributed by atoms with Gasteiger partial charge in [-0.15, -0.1) is 0 Å². The van der Waals surface area contributed by atoms with Gasteiger partial charge in [0.25, 0.3) is 0 Å². The number of hydrogen-bond donors (Lipinski definition) is 1. The van der Waals surface area contributed by atoms with Crippen LogP contribution >= 0.6 is 0 Å². The molecule has 106 valence electrons. The number of nitrogens with one attached hydrogen (secondary N) is 1. The van der Waals surface area contributed by atoms with Crippen LogP contribution in [0.2, 0.25) is 0 Å². The molecule has 21 heavy (non-hydrogen) atoms. The molecule has 1 heterocycles. The van der Waals surface area contributed by atoms with Crippen LogP contribution < -0.4 is 5.32 Å². The van der Waals surface area contributed by atoms with Gasteiger partial charge in [0.05, 0.1) is 0 Å². The Labute approximate surface area is 128 Å². The molecule has 4 rings (SSSR count). The normalized spacial score (nSPS) is 21.2. The van der Waals surface area contributed by atoms with E-state index in [2.05, 4.69) is 19.3 Å². The molecule has 0 spiro atoms. The monoisotopic (exact) mass is 347 g/mol. The Morgan fingerprint density at radius 3 is 2.76 bits per heavy atom. The fourth-order valence-corrected chi connectivity index (χ4v) is 4.09. The molecule has 1 fully saturated rings. The summed E-state index contributed by atoms with van der Waals surface area (Å²) in [5.74, 6) is 0.240. The number of rotatable bonds is 3. The molecule has 3 nitrogen and oxygen atoms in total. The van der Waals surface area contributed by atoms with Gasteiger partial charge in [-0.05, 0) is 0 Å². The number of benzene rings is 2. The van der Waals surface area contributed by atoms with Crippen molar-refractivity contribution in [3.05, 3.63) is 53.8 Å². The number of hydrogen-bond acceptors (Lipinski definition) is 3. The van der Waals surface area contributed by atoms with Crippen molar-refractivity contribution in [3.8, 4) is 0 Å². The molecule has 0 aliphatic heterocycles. The maximum atomic E-state index is 13.7. The molecule has 3 aromatic rings. The van der Waals surface area contributed by atoms with Gasteiger partial charge in [-0.3, -0.25) is 0 Å². The molecule has 2 aromatic carbocycles. The molecule has 0 saturated heterocycles. The molecule has 1 aliphatic rings. The van der Waals surface area contributed by atoms with Crippen LogP contribution in [0.1, 0.15) is 24.3 Å². The molecule has 0 unspecified atom stereocenters. The van der Waals surface area contributed by atoms with Crippen molar-refractivity contribution in [1.82, 2.24) is 7.96 Å². The summed E-state index contributed by atoms with van der Waals surface area (Å²) in [4.78, 5) is 0. The number of halogens is 1. The number of aromatic nitrogens is 2. The molecular weight excluding hydrogens is 332 g/mol. The summed E-state index contributed by atoms with van der Waals surface area (Å²) in [6, 6.07) is 13.5. The van der Waals surface area contributed by atoms with Gasteiger partial charge in [-0.1, -0.05) is 0 Å². The zero-order chi connectivity index (χ0) is 14.2. The van der Waals surface area contributed by atoms with Gasteiger partial charge in [0.1, 0.15) is 0 Å². The van der Waals surface area contributed by atoms with Crippen LogP contribution in [0.4, 0.5) is 10.1 Å². The number of anilines is 1. The second kappa shape index (κ2) is 5.24. The van der Waals surface area contributed by atoms with Crippen LogP contribution in [0, 0.1) is 5.82 Å². The predicted molar refractivity (Wildman–Crippen MR) is 82.3 cm³/mol. The molecule has 0 radical (unpaired) electrons. The Balaban J connectivity index is 1.47. The molecule has 0 amide bonds. The Morgan fingerprint density at radius 1 is 1.05 bits per heavy atom. The number of nitrogens with zero attached hydrogens (tertiary/aromatic N) is 2. The molecule has 0 bridgehead atoms. The van der Waals surface area contributed by atoms with E-state index in [9.17, 15) is 4.39 Å². The second-order valence-electron chi connectivity index (χ2n) is 5.47. The second-order valence-corrected chi connectivity index (χ2v) is 6.58. The number of fused-ring (bicyclic) bond motifs is 1. The van der Waals surface area contributed by atoms with Crippen molar-refractivity contribution in [2.24, 2.45) is 0 Å². The van der Waals surface area contributed by atoms with E-state index in [1.165, 1.54) is 0 Å². The van der Waals surface area contributed by atoms with Crippen LogP contribution in [0.5, 0.6) is 0 Å². The third-order valence-electron chi connectivity index (χ3n) is 4.13. The summed E-state index contributed by atoms with van der Waals surface area (Å²) >= 11 is -0.00453. The first-order valence-corrected chi connectivity index (χ1v) is 8.57. The summed E-state index contributed by atoms with van der Waals surface area (Å²) in [6.07, 6.45) is 1.93. The topological polar surface area (TPSA) is 37.8 Å². The van der Waals surface area contributed by atoms with E-state index >= 15 is 0 Å². The summed E-state index contributed by atoms with van der Waals surface area (Å²) < 4.78 is 22.6. The van der Waals surface area contributed by atoms with E-state index in [-0.39, 0.29) is 20.8 Å². The fourth-order valence-electron chi connectivity index (χ4n) is 2.94. The van der Waals surface area contributed by atoms with Gasteiger partial charge in [-0.2, -0.15) is 0 Å².